The van der Waals surface area contributed by atoms with E-state index in [1.165, 1.54) is 6.07 Å². The highest BCUT2D eigenvalue weighted by atomic mass is 19.1. The first-order valence-electron chi connectivity index (χ1n) is 9.63. The predicted molar refractivity (Wildman–Crippen MR) is 107 cm³/mol. The summed E-state index contributed by atoms with van der Waals surface area (Å²) in [6.07, 6.45) is 4.32. The molecule has 2 aromatic heterocycles. The van der Waals surface area contributed by atoms with Crippen LogP contribution in [0.15, 0.2) is 47.5 Å². The number of fused-ring (bicyclic) bond motifs is 1. The average Bonchev–Trinajstić information content (AvgIpc) is 3.11. The fraction of sp³-hybridized carbons (Fsp3) is 0.318. The van der Waals surface area contributed by atoms with E-state index in [0.717, 1.165) is 17.1 Å². The number of carbonyl (C=O) groups excluding carboxylic acids is 1. The molecule has 0 atom stereocenters. The van der Waals surface area contributed by atoms with Gasteiger partial charge in [0.05, 0.1) is 0 Å². The molecule has 0 saturated carbocycles. The average molecular weight is 394 g/mol. The Morgan fingerprint density at radius 3 is 2.76 bits per heavy atom. The van der Waals surface area contributed by atoms with Crippen LogP contribution in [0.2, 0.25) is 0 Å². The maximum absolute atomic E-state index is 14.1. The van der Waals surface area contributed by atoms with Gasteiger partial charge < -0.3 is 14.0 Å². The summed E-state index contributed by atoms with van der Waals surface area (Å²) in [7, 11) is 1.75. The second kappa shape index (κ2) is 7.66. The number of hydrogen-bond acceptors (Lipinski definition) is 3. The molecule has 1 aromatic carbocycles. The van der Waals surface area contributed by atoms with E-state index in [0.29, 0.717) is 30.6 Å². The normalized spacial score (nSPS) is 13.4. The van der Waals surface area contributed by atoms with Gasteiger partial charge in [-0.05, 0) is 30.2 Å². The summed E-state index contributed by atoms with van der Waals surface area (Å²) in [5.41, 5.74) is 2.80. The van der Waals surface area contributed by atoms with E-state index in [2.05, 4.69) is 4.98 Å². The molecule has 0 N–H and O–H groups in total. The van der Waals surface area contributed by atoms with Crippen LogP contribution in [-0.2, 0) is 37.8 Å². The van der Waals surface area contributed by atoms with Gasteiger partial charge in [-0.25, -0.2) is 9.37 Å². The molecule has 0 bridgehead atoms. The van der Waals surface area contributed by atoms with Crippen LogP contribution in [0, 0.1) is 12.7 Å². The summed E-state index contributed by atoms with van der Waals surface area (Å²) in [5, 5.41) is 0. The van der Waals surface area contributed by atoms with Crippen molar-refractivity contribution < 1.29 is 9.18 Å². The number of halogens is 1. The van der Waals surface area contributed by atoms with Gasteiger partial charge in [-0.3, -0.25) is 9.59 Å². The van der Waals surface area contributed by atoms with Crippen molar-refractivity contribution in [3.05, 3.63) is 87.1 Å². The number of pyridine rings is 1. The largest absolute Gasteiger partial charge is 0.336 e. The first-order chi connectivity index (χ1) is 13.9. The van der Waals surface area contributed by atoms with Gasteiger partial charge in [-0.1, -0.05) is 18.2 Å². The standard InChI is InChI=1S/C22H23FN4O2/c1-15-24-8-10-26(15)14-21(28)27-9-7-20-18(13-27)12-17(22(29)25(20)2)11-16-5-3-4-6-19(16)23/h3-6,8,10,12H,7,9,11,13-14H2,1-2H3. The molecular weight excluding hydrogens is 371 g/mol. The third kappa shape index (κ3) is 3.72. The van der Waals surface area contributed by atoms with Gasteiger partial charge in [0.2, 0.25) is 5.91 Å². The highest BCUT2D eigenvalue weighted by Crippen LogP contribution is 2.20. The highest BCUT2D eigenvalue weighted by Gasteiger charge is 2.24. The van der Waals surface area contributed by atoms with Gasteiger partial charge in [-0.2, -0.15) is 0 Å². The molecule has 0 spiro atoms. The van der Waals surface area contributed by atoms with E-state index in [-0.39, 0.29) is 30.2 Å². The molecule has 29 heavy (non-hydrogen) atoms. The number of rotatable bonds is 4. The van der Waals surface area contributed by atoms with Crippen molar-refractivity contribution in [1.82, 2.24) is 19.0 Å². The number of aryl methyl sites for hydroxylation is 1. The second-order valence-corrected chi connectivity index (χ2v) is 7.44. The lowest BCUT2D eigenvalue weighted by molar-refractivity contribution is -0.132. The Balaban J connectivity index is 1.59. The fourth-order valence-electron chi connectivity index (χ4n) is 3.90. The molecular formula is C22H23FN4O2. The number of benzene rings is 1. The molecule has 4 rings (SSSR count). The summed E-state index contributed by atoms with van der Waals surface area (Å²) in [6.45, 7) is 3.12. The monoisotopic (exact) mass is 394 g/mol. The first-order valence-corrected chi connectivity index (χ1v) is 9.63. The number of hydrogen-bond donors (Lipinski definition) is 0. The quantitative estimate of drug-likeness (QED) is 0.682. The Morgan fingerprint density at radius 1 is 1.24 bits per heavy atom. The Morgan fingerprint density at radius 2 is 2.03 bits per heavy atom. The first kappa shape index (κ1) is 19.1. The summed E-state index contributed by atoms with van der Waals surface area (Å²) >= 11 is 0. The number of nitrogens with zero attached hydrogens (tertiary/aromatic N) is 4. The van der Waals surface area contributed by atoms with Gasteiger partial charge in [0.25, 0.3) is 5.56 Å². The second-order valence-electron chi connectivity index (χ2n) is 7.44. The van der Waals surface area contributed by atoms with E-state index in [4.69, 9.17) is 0 Å². The molecule has 1 aliphatic rings. The molecule has 6 nitrogen and oxygen atoms in total. The zero-order chi connectivity index (χ0) is 20.5. The molecule has 0 unspecified atom stereocenters. The lowest BCUT2D eigenvalue weighted by atomic mass is 9.99. The SMILES string of the molecule is Cc1nccn1CC(=O)N1CCc2c(cc(Cc3ccccc3F)c(=O)n2C)C1. The third-order valence-corrected chi connectivity index (χ3v) is 5.60. The van der Waals surface area contributed by atoms with Crippen LogP contribution in [0.1, 0.15) is 28.2 Å². The number of carbonyl (C=O) groups is 1. The van der Waals surface area contributed by atoms with Crippen molar-refractivity contribution in [2.24, 2.45) is 7.05 Å². The van der Waals surface area contributed by atoms with Crippen molar-refractivity contribution >= 4 is 5.91 Å². The minimum absolute atomic E-state index is 0.0151. The van der Waals surface area contributed by atoms with Gasteiger partial charge in [-0.15, -0.1) is 0 Å². The Hall–Kier alpha value is -3.22. The van der Waals surface area contributed by atoms with Gasteiger partial charge >= 0.3 is 0 Å². The summed E-state index contributed by atoms with van der Waals surface area (Å²) in [5.74, 6) is 0.492. The minimum atomic E-state index is -0.320. The van der Waals surface area contributed by atoms with Crippen LogP contribution in [-0.4, -0.2) is 31.5 Å². The van der Waals surface area contributed by atoms with Crippen LogP contribution in [0.3, 0.4) is 0 Å². The maximum Gasteiger partial charge on any atom is 0.254 e. The fourth-order valence-corrected chi connectivity index (χ4v) is 3.90. The zero-order valence-corrected chi connectivity index (χ0v) is 16.6. The van der Waals surface area contributed by atoms with E-state index in [1.54, 1.807) is 47.1 Å². The van der Waals surface area contributed by atoms with Crippen molar-refractivity contribution in [3.63, 3.8) is 0 Å². The smallest absolute Gasteiger partial charge is 0.254 e. The van der Waals surface area contributed by atoms with Crippen LogP contribution in [0.25, 0.3) is 0 Å². The minimum Gasteiger partial charge on any atom is -0.336 e. The lowest BCUT2D eigenvalue weighted by Gasteiger charge is -2.30. The van der Waals surface area contributed by atoms with Crippen molar-refractivity contribution in [1.29, 1.82) is 0 Å². The van der Waals surface area contributed by atoms with Gasteiger partial charge in [0, 0.05) is 56.6 Å². The molecule has 1 amide bonds. The summed E-state index contributed by atoms with van der Waals surface area (Å²) in [6, 6.07) is 8.33. The number of amides is 1. The third-order valence-electron chi connectivity index (χ3n) is 5.60. The van der Waals surface area contributed by atoms with Gasteiger partial charge in [0.1, 0.15) is 18.2 Å². The zero-order valence-electron chi connectivity index (χ0n) is 16.6. The molecule has 3 aromatic rings. The summed E-state index contributed by atoms with van der Waals surface area (Å²) < 4.78 is 17.5. The number of imidazole rings is 1. The van der Waals surface area contributed by atoms with Crippen LogP contribution in [0.4, 0.5) is 4.39 Å². The molecule has 0 fully saturated rings. The van der Waals surface area contributed by atoms with E-state index in [9.17, 15) is 14.0 Å². The lowest BCUT2D eigenvalue weighted by Crippen LogP contribution is -2.40. The molecule has 1 aliphatic heterocycles. The van der Waals surface area contributed by atoms with Crippen molar-refractivity contribution in [3.8, 4) is 0 Å². The molecule has 0 saturated heterocycles. The van der Waals surface area contributed by atoms with Gasteiger partial charge in [0.15, 0.2) is 0 Å². The van der Waals surface area contributed by atoms with Crippen molar-refractivity contribution in [2.45, 2.75) is 32.9 Å². The van der Waals surface area contributed by atoms with E-state index < -0.39 is 0 Å². The van der Waals surface area contributed by atoms with E-state index in [1.807, 2.05) is 17.6 Å². The molecule has 0 radical (unpaired) electrons. The Bertz CT molecular complexity index is 1130. The Kier molecular flexibility index (Phi) is 5.05. The molecule has 7 heteroatoms. The maximum atomic E-state index is 14.1. The van der Waals surface area contributed by atoms with E-state index >= 15 is 0 Å². The Labute approximate surface area is 168 Å². The highest BCUT2D eigenvalue weighted by molar-refractivity contribution is 5.76. The topological polar surface area (TPSA) is 60.1 Å². The molecule has 0 aliphatic carbocycles. The molecule has 3 heterocycles. The predicted octanol–water partition coefficient (Wildman–Crippen LogP) is 2.21. The van der Waals surface area contributed by atoms with Crippen molar-refractivity contribution in [2.75, 3.05) is 6.54 Å². The van der Waals surface area contributed by atoms with Crippen LogP contribution >= 0.6 is 0 Å². The van der Waals surface area contributed by atoms with Crippen LogP contribution in [0.5, 0.6) is 0 Å². The number of aromatic nitrogens is 3. The summed E-state index contributed by atoms with van der Waals surface area (Å²) in [4.78, 5) is 31.5. The molecule has 150 valence electrons. The van der Waals surface area contributed by atoms with Crippen LogP contribution < -0.4 is 5.56 Å².